The second kappa shape index (κ2) is 12.4. The van der Waals surface area contributed by atoms with E-state index in [1.54, 1.807) is 30.3 Å². The lowest BCUT2D eigenvalue weighted by Gasteiger charge is -2.34. The summed E-state index contributed by atoms with van der Waals surface area (Å²) in [6.07, 6.45) is 5.14. The van der Waals surface area contributed by atoms with Gasteiger partial charge in [-0.25, -0.2) is 12.7 Å². The lowest BCUT2D eigenvalue weighted by Crippen LogP contribution is -2.55. The Kier molecular flexibility index (Phi) is 8.75. The first kappa shape index (κ1) is 28.8. The number of nitrogens with one attached hydrogen (secondary N) is 1. The third kappa shape index (κ3) is 6.47. The van der Waals surface area contributed by atoms with Gasteiger partial charge in [-0.2, -0.15) is 0 Å². The number of nitrogens with zero attached hydrogens (tertiary/aromatic N) is 2. The van der Waals surface area contributed by atoms with E-state index in [-0.39, 0.29) is 35.4 Å². The molecule has 0 radical (unpaired) electrons. The molecule has 1 aliphatic carbocycles. The Labute approximate surface area is 245 Å². The second-order valence-electron chi connectivity index (χ2n) is 10.5. The van der Waals surface area contributed by atoms with Crippen LogP contribution in [0.25, 0.3) is 0 Å². The molecule has 3 aromatic rings. The van der Waals surface area contributed by atoms with Gasteiger partial charge in [-0.15, -0.1) is 0 Å². The topological polar surface area (TPSA) is 104 Å². The molecule has 0 aromatic heterocycles. The number of carbonyl (C=O) groups excluding carboxylic acids is 3. The van der Waals surface area contributed by atoms with Crippen molar-refractivity contribution in [3.8, 4) is 0 Å². The van der Waals surface area contributed by atoms with Crippen LogP contribution in [-0.2, 0) is 32.6 Å². The number of fused-ring (bicyclic) bond motifs is 1. The van der Waals surface area contributed by atoms with Crippen molar-refractivity contribution in [3.63, 3.8) is 0 Å². The molecule has 1 unspecified atom stereocenters. The summed E-state index contributed by atoms with van der Waals surface area (Å²) >= 11 is 6.09. The molecule has 2 aliphatic rings. The monoisotopic (exact) mass is 593 g/mol. The van der Waals surface area contributed by atoms with E-state index >= 15 is 0 Å². The predicted octanol–water partition coefficient (Wildman–Crippen LogP) is 4.57. The number of sulfonamides is 1. The van der Waals surface area contributed by atoms with E-state index in [1.807, 2.05) is 30.3 Å². The minimum atomic E-state index is -4.21. The van der Waals surface area contributed by atoms with Gasteiger partial charge in [-0.1, -0.05) is 85.5 Å². The van der Waals surface area contributed by atoms with E-state index in [4.69, 9.17) is 11.6 Å². The number of benzene rings is 3. The molecule has 1 atom stereocenters. The number of rotatable bonds is 9. The van der Waals surface area contributed by atoms with E-state index in [1.165, 1.54) is 23.1 Å². The van der Waals surface area contributed by atoms with Gasteiger partial charge in [0, 0.05) is 24.0 Å². The number of hydrogen-bond donors (Lipinski definition) is 1. The first-order valence-electron chi connectivity index (χ1n) is 13.8. The van der Waals surface area contributed by atoms with Gasteiger partial charge < -0.3 is 10.2 Å². The molecule has 3 amide bonds. The summed E-state index contributed by atoms with van der Waals surface area (Å²) in [6, 6.07) is 21.3. The zero-order valence-corrected chi connectivity index (χ0v) is 24.1. The summed E-state index contributed by atoms with van der Waals surface area (Å²) < 4.78 is 27.1. The summed E-state index contributed by atoms with van der Waals surface area (Å²) in [6.45, 7) is -0.688. The minimum absolute atomic E-state index is 0.0112. The maximum atomic E-state index is 14.0. The molecule has 10 heteroatoms. The average molecular weight is 594 g/mol. The average Bonchev–Trinajstić information content (AvgIpc) is 3.17. The third-order valence-electron chi connectivity index (χ3n) is 7.68. The van der Waals surface area contributed by atoms with Crippen molar-refractivity contribution in [2.75, 3.05) is 6.54 Å². The molecule has 1 aliphatic heterocycles. The van der Waals surface area contributed by atoms with Gasteiger partial charge in [0.2, 0.25) is 11.8 Å². The summed E-state index contributed by atoms with van der Waals surface area (Å²) in [7, 11) is -4.21. The summed E-state index contributed by atoms with van der Waals surface area (Å²) in [4.78, 5) is 42.3. The molecule has 0 spiro atoms. The highest BCUT2D eigenvalue weighted by Gasteiger charge is 2.43. The van der Waals surface area contributed by atoms with Gasteiger partial charge in [0.1, 0.15) is 17.5 Å². The molecular formula is C31H32ClN3O5S. The number of hydrogen-bond acceptors (Lipinski definition) is 5. The first-order valence-corrected chi connectivity index (χ1v) is 15.6. The van der Waals surface area contributed by atoms with Crippen molar-refractivity contribution in [1.82, 2.24) is 14.5 Å². The first-order chi connectivity index (χ1) is 19.7. The van der Waals surface area contributed by atoms with E-state index in [2.05, 4.69) is 5.32 Å². The molecule has 1 fully saturated rings. The highest BCUT2D eigenvalue weighted by atomic mass is 35.5. The summed E-state index contributed by atoms with van der Waals surface area (Å²) in [5.41, 5.74) is 1.59. The second-order valence-corrected chi connectivity index (χ2v) is 12.8. The molecule has 0 bridgehead atoms. The molecule has 214 valence electrons. The van der Waals surface area contributed by atoms with Crippen LogP contribution >= 0.6 is 11.6 Å². The van der Waals surface area contributed by atoms with Crippen molar-refractivity contribution in [2.24, 2.45) is 0 Å². The fraction of sp³-hybridized carbons (Fsp3) is 0.323. The van der Waals surface area contributed by atoms with Crippen LogP contribution in [-0.4, -0.2) is 54.0 Å². The largest absolute Gasteiger partial charge is 0.352 e. The van der Waals surface area contributed by atoms with Crippen molar-refractivity contribution in [1.29, 1.82) is 0 Å². The van der Waals surface area contributed by atoms with Crippen molar-refractivity contribution >= 4 is 39.3 Å². The van der Waals surface area contributed by atoms with Crippen molar-refractivity contribution in [3.05, 3.63) is 101 Å². The van der Waals surface area contributed by atoms with E-state index in [9.17, 15) is 22.8 Å². The Balaban J connectivity index is 1.48. The van der Waals surface area contributed by atoms with E-state index in [0.29, 0.717) is 14.9 Å². The van der Waals surface area contributed by atoms with Crippen LogP contribution in [0.5, 0.6) is 0 Å². The SMILES string of the molecule is O=C(NC1CCCCC1)C(Cc1ccccc1)N(Cc1ccc(Cl)cc1)C(=O)CN1C(=O)c2ccccc2S1(=O)=O. The molecule has 1 heterocycles. The smallest absolute Gasteiger partial charge is 0.269 e. The Hall–Kier alpha value is -3.69. The van der Waals surface area contributed by atoms with Gasteiger partial charge in [0.05, 0.1) is 5.56 Å². The maximum absolute atomic E-state index is 14.0. The molecule has 1 saturated carbocycles. The van der Waals surface area contributed by atoms with Crippen molar-refractivity contribution in [2.45, 2.75) is 62.0 Å². The molecule has 41 heavy (non-hydrogen) atoms. The predicted molar refractivity (Wildman–Crippen MR) is 156 cm³/mol. The van der Waals surface area contributed by atoms with E-state index < -0.39 is 34.4 Å². The van der Waals surface area contributed by atoms with Gasteiger partial charge in [-0.3, -0.25) is 14.4 Å². The fourth-order valence-corrected chi connectivity index (χ4v) is 7.13. The normalized spacial score (nSPS) is 17.1. The third-order valence-corrected chi connectivity index (χ3v) is 9.72. The van der Waals surface area contributed by atoms with E-state index in [0.717, 1.165) is 37.7 Å². The summed E-state index contributed by atoms with van der Waals surface area (Å²) in [5, 5.41) is 3.67. The van der Waals surface area contributed by atoms with Crippen LogP contribution < -0.4 is 5.32 Å². The standard InChI is InChI=1S/C31H32ClN3O5S/c32-24-17-15-23(16-18-24)20-34(29(36)21-35-31(38)26-13-7-8-14-28(26)41(35,39)40)27(19-22-9-3-1-4-10-22)30(37)33-25-11-5-2-6-12-25/h1,3-4,7-10,13-18,25,27H,2,5-6,11-12,19-21H2,(H,33,37). The quantitative estimate of drug-likeness (QED) is 0.391. The fourth-order valence-electron chi connectivity index (χ4n) is 5.49. The van der Waals surface area contributed by atoms with Crippen molar-refractivity contribution < 1.29 is 22.8 Å². The molecule has 0 saturated heterocycles. The van der Waals surface area contributed by atoms with Gasteiger partial charge in [0.25, 0.3) is 15.9 Å². The van der Waals surface area contributed by atoms with Gasteiger partial charge >= 0.3 is 0 Å². The number of halogens is 1. The zero-order chi connectivity index (χ0) is 29.0. The van der Waals surface area contributed by atoms with Crippen LogP contribution in [0.15, 0.2) is 83.8 Å². The van der Waals surface area contributed by atoms with Crippen LogP contribution in [0.2, 0.25) is 5.02 Å². The Bertz CT molecular complexity index is 1520. The van der Waals surface area contributed by atoms with Gasteiger partial charge in [-0.05, 0) is 48.2 Å². The highest BCUT2D eigenvalue weighted by Crippen LogP contribution is 2.30. The molecule has 8 nitrogen and oxygen atoms in total. The molecule has 5 rings (SSSR count). The number of carbonyl (C=O) groups is 3. The van der Waals surface area contributed by atoms with Crippen LogP contribution in [0.4, 0.5) is 0 Å². The van der Waals surface area contributed by atoms with Crippen LogP contribution in [0.3, 0.4) is 0 Å². The minimum Gasteiger partial charge on any atom is -0.352 e. The van der Waals surface area contributed by atoms with Gasteiger partial charge in [0.15, 0.2) is 0 Å². The van der Waals surface area contributed by atoms with Crippen LogP contribution in [0, 0.1) is 0 Å². The Morgan fingerprint density at radius 3 is 2.24 bits per heavy atom. The lowest BCUT2D eigenvalue weighted by molar-refractivity contribution is -0.141. The summed E-state index contributed by atoms with van der Waals surface area (Å²) in [5.74, 6) is -1.71. The maximum Gasteiger partial charge on any atom is 0.269 e. The Morgan fingerprint density at radius 2 is 1.56 bits per heavy atom. The zero-order valence-electron chi connectivity index (χ0n) is 22.5. The molecular weight excluding hydrogens is 562 g/mol. The Morgan fingerprint density at radius 1 is 0.902 bits per heavy atom. The number of amides is 3. The van der Waals surface area contributed by atoms with Crippen LogP contribution in [0.1, 0.15) is 53.6 Å². The highest BCUT2D eigenvalue weighted by molar-refractivity contribution is 7.90. The molecule has 3 aromatic carbocycles. The lowest BCUT2D eigenvalue weighted by atomic mass is 9.94. The molecule has 1 N–H and O–H groups in total.